The highest BCUT2D eigenvalue weighted by molar-refractivity contribution is 5.87. The van der Waals surface area contributed by atoms with E-state index in [2.05, 4.69) is 11.8 Å². The van der Waals surface area contributed by atoms with Crippen molar-refractivity contribution in [3.63, 3.8) is 0 Å². The largest absolute Gasteiger partial charge is 0.396 e. The molecule has 110 valence electrons. The molecule has 3 heteroatoms. The minimum Gasteiger partial charge on any atom is -0.396 e. The molecular weight excluding hydrogens is 238 g/mol. The fraction of sp³-hybridized carbons (Fsp3) is 0.938. The zero-order valence-corrected chi connectivity index (χ0v) is 12.5. The number of unbranched alkanes of at least 4 members (excludes halogenated alkanes) is 1. The van der Waals surface area contributed by atoms with Gasteiger partial charge in [-0.15, -0.1) is 0 Å². The molecule has 19 heavy (non-hydrogen) atoms. The van der Waals surface area contributed by atoms with Crippen LogP contribution in [0.2, 0.25) is 0 Å². The van der Waals surface area contributed by atoms with Gasteiger partial charge in [0.1, 0.15) is 5.78 Å². The first-order valence-corrected chi connectivity index (χ1v) is 8.05. The average Bonchev–Trinajstić information content (AvgIpc) is 2.84. The first kappa shape index (κ1) is 15.0. The Labute approximate surface area is 117 Å². The van der Waals surface area contributed by atoms with E-state index in [0.717, 1.165) is 32.2 Å². The number of hydrogen-bond donors (Lipinski definition) is 1. The summed E-state index contributed by atoms with van der Waals surface area (Å²) in [5.74, 6) is 0.708. The predicted molar refractivity (Wildman–Crippen MR) is 77.1 cm³/mol. The Kier molecular flexibility index (Phi) is 5.02. The highest BCUT2D eigenvalue weighted by Gasteiger charge is 2.54. The Morgan fingerprint density at radius 2 is 2.16 bits per heavy atom. The summed E-state index contributed by atoms with van der Waals surface area (Å²) in [5.41, 5.74) is -0.237. The molecule has 2 aliphatic heterocycles. The predicted octanol–water partition coefficient (Wildman–Crippen LogP) is 2.76. The van der Waals surface area contributed by atoms with Crippen molar-refractivity contribution >= 4 is 5.78 Å². The normalized spacial score (nSPS) is 35.3. The quantitative estimate of drug-likeness (QED) is 0.804. The van der Waals surface area contributed by atoms with Gasteiger partial charge in [0, 0.05) is 12.6 Å². The molecule has 0 aromatic rings. The second-order valence-corrected chi connectivity index (χ2v) is 6.36. The van der Waals surface area contributed by atoms with Crippen LogP contribution in [0.1, 0.15) is 65.2 Å². The lowest BCUT2D eigenvalue weighted by molar-refractivity contribution is -0.137. The lowest BCUT2D eigenvalue weighted by Gasteiger charge is -2.51. The minimum absolute atomic E-state index is 0.215. The molecule has 2 aliphatic rings. The van der Waals surface area contributed by atoms with Crippen LogP contribution in [0.4, 0.5) is 0 Å². The number of aliphatic hydroxyl groups excluding tert-OH is 1. The molecule has 3 unspecified atom stereocenters. The van der Waals surface area contributed by atoms with Crippen LogP contribution >= 0.6 is 0 Å². The number of Topliss-reactive ketones (excluding diaryl/α,β-unsaturated/α-hetero) is 1. The molecule has 0 bridgehead atoms. The molecule has 3 nitrogen and oxygen atoms in total. The Morgan fingerprint density at radius 3 is 2.79 bits per heavy atom. The first-order chi connectivity index (χ1) is 9.16. The van der Waals surface area contributed by atoms with Crippen LogP contribution in [0.3, 0.4) is 0 Å². The summed E-state index contributed by atoms with van der Waals surface area (Å²) < 4.78 is 0. The molecule has 0 saturated carbocycles. The van der Waals surface area contributed by atoms with Gasteiger partial charge in [-0.05, 0) is 57.9 Å². The van der Waals surface area contributed by atoms with Crippen LogP contribution < -0.4 is 0 Å². The van der Waals surface area contributed by atoms with Gasteiger partial charge in [-0.25, -0.2) is 0 Å². The summed E-state index contributed by atoms with van der Waals surface area (Å²) in [5, 5.41) is 9.31. The van der Waals surface area contributed by atoms with Crippen LogP contribution in [0.5, 0.6) is 0 Å². The summed E-state index contributed by atoms with van der Waals surface area (Å²) in [6, 6.07) is 0.598. The highest BCUT2D eigenvalue weighted by atomic mass is 16.3. The number of aliphatic hydroxyl groups is 1. The Balaban J connectivity index is 2.20. The van der Waals surface area contributed by atoms with Crippen molar-refractivity contribution in [2.75, 3.05) is 13.2 Å². The lowest BCUT2D eigenvalue weighted by atomic mass is 9.70. The van der Waals surface area contributed by atoms with Crippen LogP contribution in [-0.2, 0) is 4.79 Å². The van der Waals surface area contributed by atoms with E-state index in [4.69, 9.17) is 0 Å². The topological polar surface area (TPSA) is 40.5 Å². The van der Waals surface area contributed by atoms with E-state index >= 15 is 0 Å². The van der Waals surface area contributed by atoms with Gasteiger partial charge in [-0.1, -0.05) is 19.8 Å². The van der Waals surface area contributed by atoms with E-state index < -0.39 is 0 Å². The zero-order chi connectivity index (χ0) is 13.9. The van der Waals surface area contributed by atoms with Gasteiger partial charge in [-0.2, -0.15) is 0 Å². The molecule has 0 radical (unpaired) electrons. The number of nitrogens with zero attached hydrogens (tertiary/aromatic N) is 1. The van der Waals surface area contributed by atoms with E-state index in [1.807, 2.05) is 0 Å². The van der Waals surface area contributed by atoms with Gasteiger partial charge in [-0.3, -0.25) is 9.69 Å². The molecule has 2 rings (SSSR count). The smallest absolute Gasteiger partial charge is 0.150 e. The number of hydrogen-bond acceptors (Lipinski definition) is 3. The van der Waals surface area contributed by atoms with Gasteiger partial charge in [0.25, 0.3) is 0 Å². The van der Waals surface area contributed by atoms with Crippen molar-refractivity contribution in [2.24, 2.45) is 5.92 Å². The van der Waals surface area contributed by atoms with Crippen molar-refractivity contribution in [3.8, 4) is 0 Å². The van der Waals surface area contributed by atoms with Crippen molar-refractivity contribution in [1.82, 2.24) is 4.90 Å². The molecule has 0 spiro atoms. The average molecular weight is 267 g/mol. The number of rotatable bonds is 6. The monoisotopic (exact) mass is 267 g/mol. The number of carbonyl (C=O) groups excluding carboxylic acids is 1. The van der Waals surface area contributed by atoms with Gasteiger partial charge in [0.2, 0.25) is 0 Å². The maximum absolute atomic E-state index is 12.4. The van der Waals surface area contributed by atoms with Gasteiger partial charge in [0.15, 0.2) is 0 Å². The molecule has 0 aromatic carbocycles. The Bertz CT molecular complexity index is 318. The summed E-state index contributed by atoms with van der Waals surface area (Å²) >= 11 is 0. The van der Waals surface area contributed by atoms with Gasteiger partial charge < -0.3 is 5.11 Å². The molecule has 0 aliphatic carbocycles. The highest BCUT2D eigenvalue weighted by Crippen LogP contribution is 2.47. The van der Waals surface area contributed by atoms with E-state index in [9.17, 15) is 9.90 Å². The molecule has 2 saturated heterocycles. The van der Waals surface area contributed by atoms with E-state index in [-0.39, 0.29) is 12.1 Å². The van der Waals surface area contributed by atoms with Crippen LogP contribution in [-0.4, -0.2) is 40.5 Å². The van der Waals surface area contributed by atoms with Crippen LogP contribution in [0, 0.1) is 5.92 Å². The third-order valence-electron chi connectivity index (χ3n) is 5.41. The second kappa shape index (κ2) is 6.36. The summed E-state index contributed by atoms with van der Waals surface area (Å²) in [4.78, 5) is 14.9. The van der Waals surface area contributed by atoms with Crippen molar-refractivity contribution < 1.29 is 9.90 Å². The number of fused-ring (bicyclic) bond motifs is 1. The van der Waals surface area contributed by atoms with E-state index in [1.165, 1.54) is 25.7 Å². The Morgan fingerprint density at radius 1 is 1.37 bits per heavy atom. The molecule has 3 atom stereocenters. The van der Waals surface area contributed by atoms with Gasteiger partial charge >= 0.3 is 0 Å². The third-order valence-corrected chi connectivity index (χ3v) is 5.41. The van der Waals surface area contributed by atoms with Gasteiger partial charge in [0.05, 0.1) is 5.54 Å². The number of piperidine rings is 1. The van der Waals surface area contributed by atoms with Crippen molar-refractivity contribution in [2.45, 2.75) is 76.8 Å². The molecule has 0 amide bonds. The summed E-state index contributed by atoms with van der Waals surface area (Å²) in [6.07, 6.45) is 9.00. The summed E-state index contributed by atoms with van der Waals surface area (Å²) in [6.45, 7) is 5.30. The van der Waals surface area contributed by atoms with Crippen molar-refractivity contribution in [3.05, 3.63) is 0 Å². The lowest BCUT2D eigenvalue weighted by Crippen LogP contribution is -2.61. The van der Waals surface area contributed by atoms with Crippen molar-refractivity contribution in [1.29, 1.82) is 0 Å². The first-order valence-electron chi connectivity index (χ1n) is 8.05. The SMILES string of the molecule is CCCCC1CCC(CCO)C2(C(C)=O)CCCN12. The third kappa shape index (κ3) is 2.59. The molecular formula is C16H29NO2. The molecule has 0 aromatic heterocycles. The van der Waals surface area contributed by atoms with Crippen LogP contribution in [0.15, 0.2) is 0 Å². The Hall–Kier alpha value is -0.410. The van der Waals surface area contributed by atoms with Crippen LogP contribution in [0.25, 0.3) is 0 Å². The fourth-order valence-corrected chi connectivity index (χ4v) is 4.54. The molecule has 2 fully saturated rings. The number of carbonyl (C=O) groups is 1. The van der Waals surface area contributed by atoms with E-state index in [1.54, 1.807) is 6.92 Å². The minimum atomic E-state index is -0.237. The van der Waals surface area contributed by atoms with E-state index in [0.29, 0.717) is 17.7 Å². The number of ketones is 1. The zero-order valence-electron chi connectivity index (χ0n) is 12.5. The summed E-state index contributed by atoms with van der Waals surface area (Å²) in [7, 11) is 0. The molecule has 1 N–H and O–H groups in total. The second-order valence-electron chi connectivity index (χ2n) is 6.36. The standard InChI is InChI=1S/C16H29NO2/c1-3-4-6-15-8-7-14(9-12-18)16(13(2)19)10-5-11-17(15)16/h14-15,18H,3-12H2,1-2H3. The molecule has 2 heterocycles. The maximum atomic E-state index is 12.4. The maximum Gasteiger partial charge on any atom is 0.150 e. The fourth-order valence-electron chi connectivity index (χ4n) is 4.54.